The minimum Gasteiger partial charge on any atom is -0.378 e. The summed E-state index contributed by atoms with van der Waals surface area (Å²) in [5.74, 6) is -0.812. The van der Waals surface area contributed by atoms with Crippen molar-refractivity contribution in [3.05, 3.63) is 76.3 Å². The van der Waals surface area contributed by atoms with Crippen molar-refractivity contribution >= 4 is 28.9 Å². The molecule has 2 aromatic carbocycles. The summed E-state index contributed by atoms with van der Waals surface area (Å²) >= 11 is 6.45. The molecule has 1 aromatic heterocycles. The van der Waals surface area contributed by atoms with E-state index in [0.29, 0.717) is 49.9 Å². The Kier molecular flexibility index (Phi) is 6.01. The second-order valence-corrected chi connectivity index (χ2v) is 7.47. The van der Waals surface area contributed by atoms with Crippen LogP contribution in [0, 0.1) is 12.7 Å². The first-order valence-corrected chi connectivity index (χ1v) is 10.1. The molecule has 0 radical (unpaired) electrons. The van der Waals surface area contributed by atoms with Crippen molar-refractivity contribution in [2.24, 2.45) is 0 Å². The third-order valence-corrected chi connectivity index (χ3v) is 5.41. The molecule has 1 N–H and O–H groups in total. The van der Waals surface area contributed by atoms with Crippen LogP contribution >= 0.6 is 11.6 Å². The Morgan fingerprint density at radius 3 is 2.63 bits per heavy atom. The van der Waals surface area contributed by atoms with Crippen LogP contribution in [0.2, 0.25) is 5.15 Å². The molecule has 0 spiro atoms. The molecule has 0 saturated carbocycles. The molecule has 1 aliphatic rings. The van der Waals surface area contributed by atoms with Gasteiger partial charge >= 0.3 is 0 Å². The lowest BCUT2D eigenvalue weighted by Crippen LogP contribution is -2.36. The Morgan fingerprint density at radius 1 is 1.20 bits per heavy atom. The van der Waals surface area contributed by atoms with E-state index in [1.54, 1.807) is 23.7 Å². The monoisotopic (exact) mass is 428 g/mol. The van der Waals surface area contributed by atoms with Crippen LogP contribution in [0.4, 0.5) is 15.8 Å². The number of rotatable bonds is 5. The van der Waals surface area contributed by atoms with Gasteiger partial charge < -0.3 is 15.0 Å². The zero-order valence-electron chi connectivity index (χ0n) is 16.6. The van der Waals surface area contributed by atoms with Crippen molar-refractivity contribution in [2.45, 2.75) is 13.5 Å². The third kappa shape index (κ3) is 4.32. The van der Waals surface area contributed by atoms with Crippen LogP contribution in [-0.2, 0) is 11.3 Å². The highest BCUT2D eigenvalue weighted by Gasteiger charge is 2.21. The van der Waals surface area contributed by atoms with Crippen molar-refractivity contribution in [1.82, 2.24) is 9.78 Å². The Bertz CT molecular complexity index is 1050. The number of aryl methyl sites for hydroxylation is 1. The quantitative estimate of drug-likeness (QED) is 0.664. The van der Waals surface area contributed by atoms with Crippen LogP contribution < -0.4 is 10.2 Å². The highest BCUT2D eigenvalue weighted by molar-refractivity contribution is 6.33. The van der Waals surface area contributed by atoms with Gasteiger partial charge in [-0.3, -0.25) is 4.79 Å². The van der Waals surface area contributed by atoms with Crippen molar-refractivity contribution < 1.29 is 13.9 Å². The number of halogens is 2. The summed E-state index contributed by atoms with van der Waals surface area (Å²) < 4.78 is 21.5. The maximum absolute atomic E-state index is 14.6. The number of carbonyl (C=O) groups excluding carboxylic acids is 1. The predicted molar refractivity (Wildman–Crippen MR) is 115 cm³/mol. The van der Waals surface area contributed by atoms with E-state index in [2.05, 4.69) is 10.4 Å². The average Bonchev–Trinajstić information content (AvgIpc) is 3.02. The number of ether oxygens (including phenoxy) is 1. The molecule has 0 aliphatic carbocycles. The Hall–Kier alpha value is -2.90. The molecule has 30 heavy (non-hydrogen) atoms. The van der Waals surface area contributed by atoms with Gasteiger partial charge in [0.25, 0.3) is 5.91 Å². The van der Waals surface area contributed by atoms with Crippen LogP contribution in [0.3, 0.4) is 0 Å². The van der Waals surface area contributed by atoms with Crippen molar-refractivity contribution in [2.75, 3.05) is 36.5 Å². The van der Waals surface area contributed by atoms with E-state index >= 15 is 0 Å². The van der Waals surface area contributed by atoms with Crippen LogP contribution in [-0.4, -0.2) is 42.0 Å². The summed E-state index contributed by atoms with van der Waals surface area (Å²) in [7, 11) is 0. The molecule has 1 amide bonds. The highest BCUT2D eigenvalue weighted by Crippen LogP contribution is 2.26. The minimum absolute atomic E-state index is 0.249. The van der Waals surface area contributed by atoms with Gasteiger partial charge in [0.05, 0.1) is 36.7 Å². The van der Waals surface area contributed by atoms with E-state index in [1.807, 2.05) is 35.2 Å². The van der Waals surface area contributed by atoms with Gasteiger partial charge in [0.1, 0.15) is 11.0 Å². The van der Waals surface area contributed by atoms with E-state index in [1.165, 1.54) is 6.07 Å². The van der Waals surface area contributed by atoms with Crippen molar-refractivity contribution in [1.29, 1.82) is 0 Å². The fourth-order valence-corrected chi connectivity index (χ4v) is 3.83. The summed E-state index contributed by atoms with van der Waals surface area (Å²) in [5.41, 5.74) is 2.68. The van der Waals surface area contributed by atoms with Gasteiger partial charge in [-0.15, -0.1) is 0 Å². The van der Waals surface area contributed by atoms with Gasteiger partial charge in [-0.2, -0.15) is 5.10 Å². The smallest absolute Gasteiger partial charge is 0.260 e. The number of anilines is 2. The molecular formula is C22H22ClFN4O2. The fourth-order valence-electron chi connectivity index (χ4n) is 3.51. The number of nitrogens with zero attached hydrogens (tertiary/aromatic N) is 3. The first kappa shape index (κ1) is 20.4. The summed E-state index contributed by atoms with van der Waals surface area (Å²) in [6.45, 7) is 4.60. The van der Waals surface area contributed by atoms with Crippen LogP contribution in [0.1, 0.15) is 21.6 Å². The van der Waals surface area contributed by atoms with Gasteiger partial charge in [-0.05, 0) is 30.7 Å². The molecule has 4 rings (SSSR count). The van der Waals surface area contributed by atoms with Crippen LogP contribution in [0.5, 0.6) is 0 Å². The normalized spacial score (nSPS) is 14.0. The molecule has 1 aliphatic heterocycles. The summed E-state index contributed by atoms with van der Waals surface area (Å²) in [4.78, 5) is 14.8. The molecule has 156 valence electrons. The number of morpholine rings is 1. The maximum Gasteiger partial charge on any atom is 0.260 e. The van der Waals surface area contributed by atoms with Crippen molar-refractivity contribution in [3.8, 4) is 0 Å². The lowest BCUT2D eigenvalue weighted by Gasteiger charge is -2.29. The number of aromatic nitrogens is 2. The van der Waals surface area contributed by atoms with Crippen molar-refractivity contribution in [3.63, 3.8) is 0 Å². The molecule has 0 unspecified atom stereocenters. The van der Waals surface area contributed by atoms with Crippen LogP contribution in [0.15, 0.2) is 48.5 Å². The van der Waals surface area contributed by atoms with E-state index < -0.39 is 11.7 Å². The van der Waals surface area contributed by atoms with E-state index in [-0.39, 0.29) is 10.7 Å². The summed E-state index contributed by atoms with van der Waals surface area (Å²) in [5, 5.41) is 7.37. The first-order chi connectivity index (χ1) is 14.5. The Labute approximate surface area is 179 Å². The zero-order chi connectivity index (χ0) is 21.1. The van der Waals surface area contributed by atoms with Gasteiger partial charge in [-0.25, -0.2) is 9.07 Å². The topological polar surface area (TPSA) is 59.4 Å². The molecule has 0 bridgehead atoms. The molecule has 1 fully saturated rings. The number of hydrogen-bond donors (Lipinski definition) is 1. The van der Waals surface area contributed by atoms with Gasteiger partial charge in [0, 0.05) is 18.8 Å². The molecule has 1 saturated heterocycles. The highest BCUT2D eigenvalue weighted by atomic mass is 35.5. The second-order valence-electron chi connectivity index (χ2n) is 7.11. The molecule has 8 heteroatoms. The van der Waals surface area contributed by atoms with E-state index in [9.17, 15) is 9.18 Å². The molecule has 0 atom stereocenters. The second kappa shape index (κ2) is 8.85. The maximum atomic E-state index is 14.6. The molecule has 2 heterocycles. The minimum atomic E-state index is -0.421. The number of benzene rings is 2. The van der Waals surface area contributed by atoms with Gasteiger partial charge in [0.2, 0.25) is 0 Å². The largest absolute Gasteiger partial charge is 0.378 e. The predicted octanol–water partition coefficient (Wildman–Crippen LogP) is 4.12. The zero-order valence-corrected chi connectivity index (χ0v) is 17.3. The van der Waals surface area contributed by atoms with E-state index in [0.717, 1.165) is 5.56 Å². The number of amides is 1. The van der Waals surface area contributed by atoms with Gasteiger partial charge in [-0.1, -0.05) is 41.9 Å². The molecule has 3 aromatic rings. The van der Waals surface area contributed by atoms with Gasteiger partial charge in [0.15, 0.2) is 0 Å². The van der Waals surface area contributed by atoms with E-state index in [4.69, 9.17) is 16.3 Å². The summed E-state index contributed by atoms with van der Waals surface area (Å²) in [6.07, 6.45) is 0. The third-order valence-electron chi connectivity index (χ3n) is 5.02. The lowest BCUT2D eigenvalue weighted by molar-refractivity contribution is 0.102. The standard InChI is InChI=1S/C22H22ClFN4O2/c1-15-20(21(23)28(26-15)14-16-5-3-2-4-6-16)22(29)25-17-7-8-19(18(24)13-17)27-9-11-30-12-10-27/h2-8,13H,9-12,14H2,1H3,(H,25,29). The number of carbonyl (C=O) groups is 1. The first-order valence-electron chi connectivity index (χ1n) is 9.73. The molecule has 6 nitrogen and oxygen atoms in total. The number of nitrogens with one attached hydrogen (secondary N) is 1. The lowest BCUT2D eigenvalue weighted by atomic mass is 10.2. The number of hydrogen-bond acceptors (Lipinski definition) is 4. The SMILES string of the molecule is Cc1nn(Cc2ccccc2)c(Cl)c1C(=O)Nc1ccc(N2CCOCC2)c(F)c1. The average molecular weight is 429 g/mol. The van der Waals surface area contributed by atoms with Crippen LogP contribution in [0.25, 0.3) is 0 Å². The molecular weight excluding hydrogens is 407 g/mol. The Morgan fingerprint density at radius 2 is 1.93 bits per heavy atom. The Balaban J connectivity index is 1.50. The summed E-state index contributed by atoms with van der Waals surface area (Å²) in [6, 6.07) is 14.4. The fraction of sp³-hybridized carbons (Fsp3) is 0.273.